The van der Waals surface area contributed by atoms with Crippen LogP contribution >= 0.6 is 0 Å². The minimum absolute atomic E-state index is 0.812. The SMILES string of the molecule is [CH2]C(F)(F)C(F)(F)C(F)(F)C(F)(F)C(F)(F)OC(F)(F)C(F)(F)OC(F)(F)C(F)(F)OC(F)(F)C(F)(F)C(F)(F)C(F)(F)F. The van der Waals surface area contributed by atoms with E-state index in [0.29, 0.717) is 0 Å². The van der Waals surface area contributed by atoms with Gasteiger partial charge in [0.25, 0.3) is 0 Å². The first-order valence-electron chi connectivity index (χ1n) is 8.93. The number of alkyl halides is 27. The summed E-state index contributed by atoms with van der Waals surface area (Å²) in [5.74, 6) is -48.3. The molecule has 0 saturated heterocycles. The summed E-state index contributed by atoms with van der Waals surface area (Å²) in [5, 5.41) is 0. The highest BCUT2D eigenvalue weighted by atomic mass is 19.4. The molecule has 44 heavy (non-hydrogen) atoms. The predicted molar refractivity (Wildman–Crippen MR) is 74.0 cm³/mol. The van der Waals surface area contributed by atoms with E-state index < -0.39 is 78.4 Å². The van der Waals surface area contributed by atoms with Gasteiger partial charge in [-0.05, 0) is 0 Å². The van der Waals surface area contributed by atoms with Crippen molar-refractivity contribution < 1.29 is 133 Å². The fraction of sp³-hybridized carbons (Fsp3) is 0.929. The number of hydrogen-bond donors (Lipinski definition) is 0. The molecule has 0 spiro atoms. The van der Waals surface area contributed by atoms with Gasteiger partial charge in [0.15, 0.2) is 0 Å². The first-order valence-corrected chi connectivity index (χ1v) is 8.93. The Kier molecular flexibility index (Phi) is 10.0. The van der Waals surface area contributed by atoms with E-state index in [1.54, 1.807) is 0 Å². The Morgan fingerprint density at radius 2 is 0.455 bits per heavy atom. The standard InChI is InChI=1S/C14H2F27O3/c1-2(15,16)3(17,18)4(19,20)6(23,24)9(30,31)42-11(34,35)13(38,39)44-14(40,41)12(36,37)43-10(32,33)7(25,26)5(21,22)8(27,28)29/h1H2. The van der Waals surface area contributed by atoms with E-state index in [2.05, 4.69) is 0 Å². The third-order valence-electron chi connectivity index (χ3n) is 4.18. The van der Waals surface area contributed by atoms with E-state index >= 15 is 0 Å². The number of hydrogen-bond acceptors (Lipinski definition) is 3. The van der Waals surface area contributed by atoms with E-state index in [9.17, 15) is 119 Å². The number of rotatable bonds is 14. The maximum atomic E-state index is 13.3. The van der Waals surface area contributed by atoms with Crippen LogP contribution in [0.4, 0.5) is 119 Å². The van der Waals surface area contributed by atoms with Gasteiger partial charge in [-0.2, -0.15) is 119 Å². The van der Waals surface area contributed by atoms with Crippen LogP contribution in [-0.2, 0) is 14.2 Å². The smallest absolute Gasteiger partial charge is 0.243 e. The van der Waals surface area contributed by atoms with Gasteiger partial charge in [-0.25, -0.2) is 14.2 Å². The van der Waals surface area contributed by atoms with E-state index in [-0.39, 0.29) is 0 Å². The van der Waals surface area contributed by atoms with Crippen LogP contribution in [0.1, 0.15) is 0 Å². The molecule has 0 N–H and O–H groups in total. The lowest BCUT2D eigenvalue weighted by Crippen LogP contribution is -2.69. The van der Waals surface area contributed by atoms with Gasteiger partial charge in [-0.3, -0.25) is 0 Å². The van der Waals surface area contributed by atoms with Crippen LogP contribution in [0.5, 0.6) is 0 Å². The molecule has 30 heteroatoms. The van der Waals surface area contributed by atoms with Crippen molar-refractivity contribution in [3.05, 3.63) is 6.92 Å². The molecule has 0 aliphatic carbocycles. The first-order chi connectivity index (χ1) is 18.4. The number of halogens is 27. The summed E-state index contributed by atoms with van der Waals surface area (Å²) in [6.45, 7) is 0.812. The van der Waals surface area contributed by atoms with E-state index in [1.807, 2.05) is 0 Å². The largest absolute Gasteiger partial charge is 0.460 e. The maximum absolute atomic E-state index is 13.3. The Balaban J connectivity index is 6.52. The van der Waals surface area contributed by atoms with Gasteiger partial charge in [0.2, 0.25) is 0 Å². The molecule has 3 nitrogen and oxygen atoms in total. The Bertz CT molecular complexity index is 1020. The predicted octanol–water partition coefficient (Wildman–Crippen LogP) is 8.80. The Hall–Kier alpha value is -2.01. The van der Waals surface area contributed by atoms with Crippen LogP contribution in [0.25, 0.3) is 0 Å². The topological polar surface area (TPSA) is 27.7 Å². The molecule has 0 saturated carbocycles. The second-order valence-electron chi connectivity index (χ2n) is 7.48. The molecule has 0 rings (SSSR count). The average Bonchev–Trinajstić information content (AvgIpc) is 2.68. The van der Waals surface area contributed by atoms with Gasteiger partial charge in [-0.1, -0.05) is 0 Å². The highest BCUT2D eigenvalue weighted by Crippen LogP contribution is 2.60. The molecule has 0 atom stereocenters. The highest BCUT2D eigenvalue weighted by Gasteiger charge is 2.89. The Morgan fingerprint density at radius 3 is 0.659 bits per heavy atom. The summed E-state index contributed by atoms with van der Waals surface area (Å²) in [6.07, 6.45) is -58.0. The van der Waals surface area contributed by atoms with Crippen molar-refractivity contribution >= 4 is 0 Å². The van der Waals surface area contributed by atoms with Gasteiger partial charge in [0, 0.05) is 6.92 Å². The van der Waals surface area contributed by atoms with Crippen molar-refractivity contribution in [1.29, 1.82) is 0 Å². The quantitative estimate of drug-likeness (QED) is 0.167. The van der Waals surface area contributed by atoms with E-state index in [0.717, 1.165) is 21.1 Å². The van der Waals surface area contributed by atoms with E-state index in [1.165, 1.54) is 0 Å². The third kappa shape index (κ3) is 6.46. The van der Waals surface area contributed by atoms with Gasteiger partial charge in [0.1, 0.15) is 0 Å². The van der Waals surface area contributed by atoms with Gasteiger partial charge in [0.05, 0.1) is 0 Å². The Labute approximate surface area is 219 Å². The lowest BCUT2D eigenvalue weighted by molar-refractivity contribution is -0.577. The summed E-state index contributed by atoms with van der Waals surface area (Å²) in [4.78, 5) is 0. The minimum Gasteiger partial charge on any atom is -0.243 e. The molecular weight excluding hydrogens is 729 g/mol. The monoisotopic (exact) mass is 731 g/mol. The van der Waals surface area contributed by atoms with Crippen molar-refractivity contribution in [2.24, 2.45) is 0 Å². The highest BCUT2D eigenvalue weighted by molar-refractivity contribution is 5.07. The fourth-order valence-corrected chi connectivity index (χ4v) is 1.82. The molecule has 0 aromatic rings. The third-order valence-corrected chi connectivity index (χ3v) is 4.18. The van der Waals surface area contributed by atoms with Crippen molar-refractivity contribution in [2.45, 2.75) is 78.4 Å². The van der Waals surface area contributed by atoms with Crippen molar-refractivity contribution in [1.82, 2.24) is 0 Å². The molecule has 0 unspecified atom stereocenters. The van der Waals surface area contributed by atoms with Crippen molar-refractivity contribution in [3.63, 3.8) is 0 Å². The normalized spacial score (nSPS) is 16.9. The van der Waals surface area contributed by atoms with Crippen LogP contribution in [0, 0.1) is 6.92 Å². The van der Waals surface area contributed by atoms with Gasteiger partial charge >= 0.3 is 78.4 Å². The summed E-state index contributed by atoms with van der Waals surface area (Å²) in [5.41, 5.74) is 0. The molecule has 0 aromatic heterocycles. The summed E-state index contributed by atoms with van der Waals surface area (Å²) >= 11 is 0. The summed E-state index contributed by atoms with van der Waals surface area (Å²) in [6, 6.07) is 0. The van der Waals surface area contributed by atoms with Crippen molar-refractivity contribution in [3.8, 4) is 0 Å². The average molecular weight is 731 g/mol. The molecule has 0 aliphatic rings. The Morgan fingerprint density at radius 1 is 0.250 bits per heavy atom. The van der Waals surface area contributed by atoms with Crippen LogP contribution in [0.2, 0.25) is 0 Å². The molecule has 0 bridgehead atoms. The lowest BCUT2D eigenvalue weighted by atomic mass is 9.99. The fourth-order valence-electron chi connectivity index (χ4n) is 1.82. The van der Waals surface area contributed by atoms with Gasteiger partial charge < -0.3 is 0 Å². The second-order valence-corrected chi connectivity index (χ2v) is 7.48. The summed E-state index contributed by atoms with van der Waals surface area (Å²) in [7, 11) is 0. The summed E-state index contributed by atoms with van der Waals surface area (Å²) < 4.78 is 351. The molecule has 0 heterocycles. The minimum atomic E-state index is -8.60. The van der Waals surface area contributed by atoms with Crippen molar-refractivity contribution in [2.75, 3.05) is 0 Å². The van der Waals surface area contributed by atoms with Crippen LogP contribution in [-0.4, -0.2) is 78.4 Å². The lowest BCUT2D eigenvalue weighted by Gasteiger charge is -2.40. The zero-order valence-corrected chi connectivity index (χ0v) is 18.6. The van der Waals surface area contributed by atoms with Gasteiger partial charge in [-0.15, -0.1) is 0 Å². The molecule has 1 radical (unpaired) electrons. The molecule has 265 valence electrons. The molecule has 0 aromatic carbocycles. The molecule has 0 amide bonds. The van der Waals surface area contributed by atoms with Crippen LogP contribution in [0.15, 0.2) is 0 Å². The van der Waals surface area contributed by atoms with E-state index in [4.69, 9.17) is 0 Å². The first kappa shape index (κ1) is 42.0. The zero-order chi connectivity index (χ0) is 36.6. The van der Waals surface area contributed by atoms with Crippen LogP contribution in [0.3, 0.4) is 0 Å². The molecule has 0 aliphatic heterocycles. The van der Waals surface area contributed by atoms with Crippen LogP contribution < -0.4 is 0 Å². The molecule has 0 fully saturated rings. The number of ether oxygens (including phenoxy) is 3. The zero-order valence-electron chi connectivity index (χ0n) is 18.6. The maximum Gasteiger partial charge on any atom is 0.460 e. The molecular formula is C14H2F27O3. The second kappa shape index (κ2) is 10.5.